The number of carbonyl (C=O) groups is 2. The number of hydrogen-bond acceptors (Lipinski definition) is 3. The molecule has 0 rings (SSSR count). The predicted octanol–water partition coefficient (Wildman–Crippen LogP) is 2.14. The first-order valence-electron chi connectivity index (χ1n) is 6.07. The Labute approximate surface area is 108 Å². The normalized spacial score (nSPS) is 12.1. The van der Waals surface area contributed by atoms with Gasteiger partial charge in [-0.15, -0.1) is 0 Å². The van der Waals surface area contributed by atoms with E-state index in [0.29, 0.717) is 25.3 Å². The molecule has 0 radical (unpaired) electrons. The van der Waals surface area contributed by atoms with Crippen molar-refractivity contribution in [1.82, 2.24) is 5.32 Å². The summed E-state index contributed by atoms with van der Waals surface area (Å²) in [6.45, 7) is 2.72. The SMILES string of the molecule is CCC(CCNC(=O)CCSC)CCC(=O)O. The molecule has 2 N–H and O–H groups in total. The molecule has 0 aromatic rings. The van der Waals surface area contributed by atoms with E-state index in [2.05, 4.69) is 12.2 Å². The van der Waals surface area contributed by atoms with Gasteiger partial charge in [0.1, 0.15) is 0 Å². The summed E-state index contributed by atoms with van der Waals surface area (Å²) in [5.74, 6) is 0.592. The standard InChI is InChI=1S/C12H23NO3S/c1-3-10(4-5-12(15)16)6-8-13-11(14)7-9-17-2/h10H,3-9H2,1-2H3,(H,13,14)(H,15,16). The van der Waals surface area contributed by atoms with Crippen LogP contribution in [0.3, 0.4) is 0 Å². The number of aliphatic carboxylic acids is 1. The second-order valence-electron chi connectivity index (χ2n) is 4.09. The van der Waals surface area contributed by atoms with Crippen molar-refractivity contribution in [2.75, 3.05) is 18.6 Å². The fourth-order valence-electron chi connectivity index (χ4n) is 1.58. The van der Waals surface area contributed by atoms with Crippen LogP contribution in [-0.4, -0.2) is 35.5 Å². The fourth-order valence-corrected chi connectivity index (χ4v) is 1.97. The Balaban J connectivity index is 3.61. The molecule has 1 amide bonds. The van der Waals surface area contributed by atoms with Crippen LogP contribution in [0.2, 0.25) is 0 Å². The minimum Gasteiger partial charge on any atom is -0.481 e. The van der Waals surface area contributed by atoms with Crippen molar-refractivity contribution in [2.24, 2.45) is 5.92 Å². The first-order valence-corrected chi connectivity index (χ1v) is 7.47. The third-order valence-corrected chi connectivity index (χ3v) is 3.36. The quantitative estimate of drug-likeness (QED) is 0.632. The summed E-state index contributed by atoms with van der Waals surface area (Å²) in [5.41, 5.74) is 0. The van der Waals surface area contributed by atoms with Gasteiger partial charge in [0, 0.05) is 25.1 Å². The lowest BCUT2D eigenvalue weighted by molar-refractivity contribution is -0.137. The van der Waals surface area contributed by atoms with Crippen LogP contribution in [-0.2, 0) is 9.59 Å². The van der Waals surface area contributed by atoms with Crippen molar-refractivity contribution in [1.29, 1.82) is 0 Å². The third-order valence-electron chi connectivity index (χ3n) is 2.75. The van der Waals surface area contributed by atoms with Crippen LogP contribution in [0.4, 0.5) is 0 Å². The number of carboxylic acids is 1. The Morgan fingerprint density at radius 1 is 1.29 bits per heavy atom. The molecule has 17 heavy (non-hydrogen) atoms. The van der Waals surface area contributed by atoms with E-state index in [1.54, 1.807) is 11.8 Å². The zero-order chi connectivity index (χ0) is 13.1. The minimum atomic E-state index is -0.743. The Morgan fingerprint density at radius 2 is 2.00 bits per heavy atom. The lowest BCUT2D eigenvalue weighted by Crippen LogP contribution is -2.26. The highest BCUT2D eigenvalue weighted by atomic mass is 32.2. The molecule has 100 valence electrons. The van der Waals surface area contributed by atoms with E-state index in [1.165, 1.54) is 0 Å². The molecule has 0 heterocycles. The number of amides is 1. The van der Waals surface area contributed by atoms with Crippen LogP contribution in [0.5, 0.6) is 0 Å². The van der Waals surface area contributed by atoms with Gasteiger partial charge in [-0.25, -0.2) is 0 Å². The van der Waals surface area contributed by atoms with Gasteiger partial charge in [-0.05, 0) is 25.0 Å². The molecule has 5 heteroatoms. The minimum absolute atomic E-state index is 0.0902. The number of carbonyl (C=O) groups excluding carboxylic acids is 1. The van der Waals surface area contributed by atoms with Gasteiger partial charge >= 0.3 is 5.97 Å². The zero-order valence-electron chi connectivity index (χ0n) is 10.7. The van der Waals surface area contributed by atoms with Crippen molar-refractivity contribution >= 4 is 23.6 Å². The molecule has 1 atom stereocenters. The topological polar surface area (TPSA) is 66.4 Å². The van der Waals surface area contributed by atoms with Crippen molar-refractivity contribution < 1.29 is 14.7 Å². The highest BCUT2D eigenvalue weighted by Gasteiger charge is 2.09. The zero-order valence-corrected chi connectivity index (χ0v) is 11.5. The summed E-state index contributed by atoms with van der Waals surface area (Å²) in [4.78, 5) is 21.8. The smallest absolute Gasteiger partial charge is 0.303 e. The van der Waals surface area contributed by atoms with Crippen molar-refractivity contribution in [2.45, 2.75) is 39.0 Å². The lowest BCUT2D eigenvalue weighted by Gasteiger charge is -2.13. The first kappa shape index (κ1) is 16.3. The number of carboxylic acid groups (broad SMARTS) is 1. The van der Waals surface area contributed by atoms with Crippen LogP contribution in [0.1, 0.15) is 39.0 Å². The second kappa shape index (κ2) is 10.4. The second-order valence-corrected chi connectivity index (χ2v) is 5.07. The van der Waals surface area contributed by atoms with Crippen molar-refractivity contribution in [3.63, 3.8) is 0 Å². The molecular weight excluding hydrogens is 238 g/mol. The summed E-state index contributed by atoms with van der Waals surface area (Å²) in [7, 11) is 0. The highest BCUT2D eigenvalue weighted by molar-refractivity contribution is 7.98. The Bertz CT molecular complexity index is 234. The molecule has 4 nitrogen and oxygen atoms in total. The molecule has 0 aromatic carbocycles. The maximum Gasteiger partial charge on any atom is 0.303 e. The largest absolute Gasteiger partial charge is 0.481 e. The summed E-state index contributed by atoms with van der Waals surface area (Å²) in [5, 5.41) is 11.5. The van der Waals surface area contributed by atoms with Gasteiger partial charge in [-0.2, -0.15) is 11.8 Å². The van der Waals surface area contributed by atoms with Crippen molar-refractivity contribution in [3.8, 4) is 0 Å². The van der Waals surface area contributed by atoms with Gasteiger partial charge in [0.2, 0.25) is 5.91 Å². The molecule has 0 saturated heterocycles. The maximum atomic E-state index is 11.3. The Hall–Kier alpha value is -0.710. The summed E-state index contributed by atoms with van der Waals surface area (Å²) < 4.78 is 0. The van der Waals surface area contributed by atoms with Crippen molar-refractivity contribution in [3.05, 3.63) is 0 Å². The summed E-state index contributed by atoms with van der Waals surface area (Å²) in [6, 6.07) is 0. The average Bonchev–Trinajstić information content (AvgIpc) is 2.30. The van der Waals surface area contributed by atoms with E-state index in [0.717, 1.165) is 18.6 Å². The summed E-state index contributed by atoms with van der Waals surface area (Å²) >= 11 is 1.66. The molecule has 0 fully saturated rings. The van der Waals surface area contributed by atoms with Gasteiger partial charge in [0.05, 0.1) is 0 Å². The van der Waals surface area contributed by atoms with Crippen LogP contribution in [0.15, 0.2) is 0 Å². The van der Waals surface area contributed by atoms with Gasteiger partial charge < -0.3 is 10.4 Å². The molecule has 0 aliphatic heterocycles. The van der Waals surface area contributed by atoms with Gasteiger partial charge in [0.15, 0.2) is 0 Å². The molecular formula is C12H23NO3S. The number of hydrogen-bond donors (Lipinski definition) is 2. The molecule has 1 unspecified atom stereocenters. The van der Waals surface area contributed by atoms with Crippen LogP contribution in [0.25, 0.3) is 0 Å². The fraction of sp³-hybridized carbons (Fsp3) is 0.833. The number of rotatable bonds is 10. The molecule has 0 aliphatic rings. The summed E-state index contributed by atoms with van der Waals surface area (Å²) in [6.07, 6.45) is 5.30. The molecule has 0 saturated carbocycles. The molecule has 0 aromatic heterocycles. The maximum absolute atomic E-state index is 11.3. The average molecular weight is 261 g/mol. The lowest BCUT2D eigenvalue weighted by atomic mass is 9.97. The predicted molar refractivity (Wildman–Crippen MR) is 71.3 cm³/mol. The van der Waals surface area contributed by atoms with E-state index in [-0.39, 0.29) is 12.3 Å². The van der Waals surface area contributed by atoms with E-state index in [9.17, 15) is 9.59 Å². The van der Waals surface area contributed by atoms with Gasteiger partial charge in [-0.1, -0.05) is 13.3 Å². The highest BCUT2D eigenvalue weighted by Crippen LogP contribution is 2.14. The van der Waals surface area contributed by atoms with E-state index in [4.69, 9.17) is 5.11 Å². The monoisotopic (exact) mass is 261 g/mol. The van der Waals surface area contributed by atoms with Crippen LogP contribution >= 0.6 is 11.8 Å². The molecule has 0 aliphatic carbocycles. The Morgan fingerprint density at radius 3 is 2.53 bits per heavy atom. The van der Waals surface area contributed by atoms with Crippen LogP contribution < -0.4 is 5.32 Å². The third kappa shape index (κ3) is 10.2. The Kier molecular flexibility index (Phi) is 10.0. The van der Waals surface area contributed by atoms with Gasteiger partial charge in [-0.3, -0.25) is 9.59 Å². The molecule has 0 spiro atoms. The van der Waals surface area contributed by atoms with E-state index in [1.807, 2.05) is 6.26 Å². The van der Waals surface area contributed by atoms with Gasteiger partial charge in [0.25, 0.3) is 0 Å². The number of thioether (sulfide) groups is 1. The first-order chi connectivity index (χ1) is 8.10. The van der Waals surface area contributed by atoms with E-state index >= 15 is 0 Å². The van der Waals surface area contributed by atoms with E-state index < -0.39 is 5.97 Å². The number of nitrogens with one attached hydrogen (secondary N) is 1. The molecule has 0 bridgehead atoms. The van der Waals surface area contributed by atoms with Crippen LogP contribution in [0, 0.1) is 5.92 Å².